The standard InChI is InChI=1S/C24H23F2N5O2/c1-15(32)20-13-18(14-31(20)11-5-9-25)24(22(33)30(2)23(27)29-24)17-7-3-6-16(12-17)19-8-4-10-28-21(19)26/h3-4,6-8,10,12-14H,5,9,11H2,1-2H3,(H2,27,29)/t24-/m1/s1. The number of aryl methyl sites for hydroxylation is 1. The minimum Gasteiger partial charge on any atom is -0.369 e. The van der Waals surface area contributed by atoms with Crippen LogP contribution >= 0.6 is 0 Å². The highest BCUT2D eigenvalue weighted by Gasteiger charge is 2.50. The van der Waals surface area contributed by atoms with E-state index in [2.05, 4.69) is 9.98 Å². The van der Waals surface area contributed by atoms with Gasteiger partial charge in [0.05, 0.1) is 12.4 Å². The highest BCUT2D eigenvalue weighted by atomic mass is 19.1. The van der Waals surface area contributed by atoms with Gasteiger partial charge in [0.1, 0.15) is 0 Å². The number of amides is 1. The lowest BCUT2D eigenvalue weighted by Crippen LogP contribution is -2.41. The molecule has 0 bridgehead atoms. The number of ketones is 1. The van der Waals surface area contributed by atoms with E-state index in [1.54, 1.807) is 53.2 Å². The number of halogens is 2. The van der Waals surface area contributed by atoms with Gasteiger partial charge in [-0.05, 0) is 41.8 Å². The number of likely N-dealkylation sites (N-methyl/N-ethyl adjacent to an activating group) is 1. The zero-order valence-electron chi connectivity index (χ0n) is 18.3. The lowest BCUT2D eigenvalue weighted by molar-refractivity contribution is -0.129. The molecule has 0 saturated carbocycles. The molecule has 7 nitrogen and oxygen atoms in total. The second kappa shape index (κ2) is 8.57. The Bertz CT molecular complexity index is 1270. The van der Waals surface area contributed by atoms with E-state index in [0.717, 1.165) is 0 Å². The number of Topliss-reactive ketones (excluding diaryl/α,β-unsaturated/α-hetero) is 1. The first-order chi connectivity index (χ1) is 15.8. The average molecular weight is 451 g/mol. The normalized spacial score (nSPS) is 18.0. The summed E-state index contributed by atoms with van der Waals surface area (Å²) in [4.78, 5) is 35.3. The van der Waals surface area contributed by atoms with Crippen molar-refractivity contribution in [3.05, 3.63) is 77.6 Å². The molecule has 1 aromatic carbocycles. The zero-order valence-corrected chi connectivity index (χ0v) is 18.3. The van der Waals surface area contributed by atoms with Crippen molar-refractivity contribution in [1.82, 2.24) is 14.5 Å². The summed E-state index contributed by atoms with van der Waals surface area (Å²) < 4.78 is 28.8. The van der Waals surface area contributed by atoms with Crippen LogP contribution in [-0.4, -0.2) is 45.8 Å². The third-order valence-corrected chi connectivity index (χ3v) is 5.80. The maximum atomic E-state index is 14.4. The molecule has 0 saturated heterocycles. The Labute approximate surface area is 189 Å². The van der Waals surface area contributed by atoms with Gasteiger partial charge in [-0.25, -0.2) is 9.98 Å². The van der Waals surface area contributed by atoms with Gasteiger partial charge in [0.25, 0.3) is 5.91 Å². The molecule has 3 aromatic rings. The Morgan fingerprint density at radius 1 is 1.18 bits per heavy atom. The number of nitrogens with two attached hydrogens (primary N) is 1. The Morgan fingerprint density at radius 3 is 2.61 bits per heavy atom. The maximum Gasteiger partial charge on any atom is 0.266 e. The van der Waals surface area contributed by atoms with Crippen LogP contribution in [0.1, 0.15) is 35.0 Å². The van der Waals surface area contributed by atoms with E-state index in [0.29, 0.717) is 22.4 Å². The van der Waals surface area contributed by atoms with E-state index >= 15 is 0 Å². The third-order valence-electron chi connectivity index (χ3n) is 5.80. The molecule has 1 atom stereocenters. The smallest absolute Gasteiger partial charge is 0.266 e. The number of guanidine groups is 1. The number of carbonyl (C=O) groups excluding carboxylic acids is 2. The second-order valence-corrected chi connectivity index (χ2v) is 7.87. The minimum absolute atomic E-state index is 0.0128. The molecule has 3 heterocycles. The zero-order chi connectivity index (χ0) is 23.8. The highest BCUT2D eigenvalue weighted by Crippen LogP contribution is 2.41. The van der Waals surface area contributed by atoms with Gasteiger partial charge < -0.3 is 10.3 Å². The van der Waals surface area contributed by atoms with Crippen molar-refractivity contribution < 1.29 is 18.4 Å². The van der Waals surface area contributed by atoms with Crippen molar-refractivity contribution in [1.29, 1.82) is 0 Å². The number of alkyl halides is 1. The number of aromatic nitrogens is 2. The lowest BCUT2D eigenvalue weighted by Gasteiger charge is -2.25. The van der Waals surface area contributed by atoms with Crippen LogP contribution in [-0.2, 0) is 16.9 Å². The Balaban J connectivity index is 1.94. The second-order valence-electron chi connectivity index (χ2n) is 7.87. The van der Waals surface area contributed by atoms with Crippen LogP contribution in [0, 0.1) is 5.95 Å². The van der Waals surface area contributed by atoms with Crippen LogP contribution in [0.25, 0.3) is 11.1 Å². The fourth-order valence-corrected chi connectivity index (χ4v) is 4.12. The van der Waals surface area contributed by atoms with Crippen molar-refractivity contribution in [2.24, 2.45) is 10.7 Å². The number of rotatable bonds is 7. The first-order valence-electron chi connectivity index (χ1n) is 10.4. The Morgan fingerprint density at radius 2 is 1.97 bits per heavy atom. The van der Waals surface area contributed by atoms with Crippen molar-refractivity contribution in [2.45, 2.75) is 25.4 Å². The molecule has 33 heavy (non-hydrogen) atoms. The number of pyridine rings is 1. The van der Waals surface area contributed by atoms with E-state index in [-0.39, 0.29) is 30.3 Å². The summed E-state index contributed by atoms with van der Waals surface area (Å²) in [5.74, 6) is -1.27. The molecule has 0 radical (unpaired) electrons. The molecule has 1 amide bonds. The van der Waals surface area contributed by atoms with Crippen LogP contribution in [0.2, 0.25) is 0 Å². The molecule has 0 unspecified atom stereocenters. The topological polar surface area (TPSA) is 93.6 Å². The van der Waals surface area contributed by atoms with Crippen LogP contribution in [0.15, 0.2) is 59.9 Å². The summed E-state index contributed by atoms with van der Waals surface area (Å²) in [6.07, 6.45) is 3.21. The van der Waals surface area contributed by atoms with Crippen molar-refractivity contribution in [3.8, 4) is 11.1 Å². The largest absolute Gasteiger partial charge is 0.369 e. The Kier molecular flexibility index (Phi) is 5.80. The van der Waals surface area contributed by atoms with E-state index in [4.69, 9.17) is 5.73 Å². The fourth-order valence-electron chi connectivity index (χ4n) is 4.12. The molecular weight excluding hydrogens is 428 g/mol. The lowest BCUT2D eigenvalue weighted by atomic mass is 9.83. The Hall–Kier alpha value is -3.88. The van der Waals surface area contributed by atoms with Gasteiger partial charge in [0, 0.05) is 44.0 Å². The number of carbonyl (C=O) groups is 2. The number of aliphatic imine (C=N–C) groups is 1. The summed E-state index contributed by atoms with van der Waals surface area (Å²) in [7, 11) is 1.51. The molecular formula is C24H23F2N5O2. The van der Waals surface area contributed by atoms with Crippen LogP contribution in [0.4, 0.5) is 8.78 Å². The molecule has 0 aliphatic carbocycles. The van der Waals surface area contributed by atoms with Gasteiger partial charge in [-0.15, -0.1) is 0 Å². The van der Waals surface area contributed by atoms with Gasteiger partial charge in [0.2, 0.25) is 5.95 Å². The summed E-state index contributed by atoms with van der Waals surface area (Å²) in [5, 5.41) is 0. The molecule has 4 rings (SSSR count). The molecule has 1 aliphatic heterocycles. The minimum atomic E-state index is -1.57. The first kappa shape index (κ1) is 22.3. The third kappa shape index (κ3) is 3.69. The summed E-state index contributed by atoms with van der Waals surface area (Å²) in [6.45, 7) is 1.14. The number of nitrogens with zero attached hydrogens (tertiary/aromatic N) is 4. The maximum absolute atomic E-state index is 14.4. The number of benzene rings is 1. The summed E-state index contributed by atoms with van der Waals surface area (Å²) in [5.41, 5.74) is 6.47. The van der Waals surface area contributed by atoms with Crippen LogP contribution < -0.4 is 5.73 Å². The van der Waals surface area contributed by atoms with Crippen LogP contribution in [0.5, 0.6) is 0 Å². The number of hydrogen-bond donors (Lipinski definition) is 1. The van der Waals surface area contributed by atoms with Crippen LogP contribution in [0.3, 0.4) is 0 Å². The number of hydrogen-bond acceptors (Lipinski definition) is 5. The van der Waals surface area contributed by atoms with Crippen molar-refractivity contribution in [2.75, 3.05) is 13.7 Å². The SMILES string of the molecule is CC(=O)c1cc([C@@]2(c3cccc(-c4cccnc4F)c3)N=C(N)N(C)C2=O)cn1CCCF. The molecule has 2 aromatic heterocycles. The fraction of sp³-hybridized carbons (Fsp3) is 0.250. The summed E-state index contributed by atoms with van der Waals surface area (Å²) >= 11 is 0. The van der Waals surface area contributed by atoms with E-state index < -0.39 is 24.1 Å². The monoisotopic (exact) mass is 451 g/mol. The van der Waals surface area contributed by atoms with Crippen molar-refractivity contribution in [3.63, 3.8) is 0 Å². The average Bonchev–Trinajstić information content (AvgIpc) is 3.34. The van der Waals surface area contributed by atoms with Crippen molar-refractivity contribution >= 4 is 17.6 Å². The molecule has 2 N–H and O–H groups in total. The predicted octanol–water partition coefficient (Wildman–Crippen LogP) is 3.28. The van der Waals surface area contributed by atoms with Gasteiger partial charge >= 0.3 is 0 Å². The van der Waals surface area contributed by atoms with Gasteiger partial charge in [-0.3, -0.25) is 18.9 Å². The van der Waals surface area contributed by atoms with Gasteiger partial charge in [-0.1, -0.05) is 18.2 Å². The van der Waals surface area contributed by atoms with Gasteiger partial charge in [-0.2, -0.15) is 4.39 Å². The molecule has 0 spiro atoms. The molecule has 0 fully saturated rings. The quantitative estimate of drug-likeness (QED) is 0.441. The first-order valence-corrected chi connectivity index (χ1v) is 10.4. The van der Waals surface area contributed by atoms with E-state index in [1.165, 1.54) is 25.1 Å². The van der Waals surface area contributed by atoms with Gasteiger partial charge in [0.15, 0.2) is 17.3 Å². The molecule has 170 valence electrons. The van der Waals surface area contributed by atoms with E-state index in [1.807, 2.05) is 0 Å². The molecule has 9 heteroatoms. The predicted molar refractivity (Wildman–Crippen MR) is 120 cm³/mol. The molecule has 1 aliphatic rings. The van der Waals surface area contributed by atoms with E-state index in [9.17, 15) is 18.4 Å². The summed E-state index contributed by atoms with van der Waals surface area (Å²) in [6, 6.07) is 11.6. The highest BCUT2D eigenvalue weighted by molar-refractivity contribution is 6.09.